The number of rotatable bonds is 4. The zero-order valence-electron chi connectivity index (χ0n) is 10.3. The van der Waals surface area contributed by atoms with E-state index >= 15 is 0 Å². The number of nitrogens with one attached hydrogen (secondary N) is 1. The number of hydrogen-bond acceptors (Lipinski definition) is 5. The molecule has 0 radical (unpaired) electrons. The standard InChI is InChI=1S/C12H15N3O4/c13-9(16)8-2-1-5-14-10(8)15-12(11(17)18)3-6-19-7-4-12/h1-2,5H,3-4,6-7H2,(H2,13,16)(H,14,15)(H,17,18). The van der Waals surface area contributed by atoms with Crippen molar-refractivity contribution in [2.45, 2.75) is 18.4 Å². The van der Waals surface area contributed by atoms with Gasteiger partial charge in [0.2, 0.25) is 0 Å². The third-order valence-corrected chi connectivity index (χ3v) is 3.19. The molecule has 2 heterocycles. The summed E-state index contributed by atoms with van der Waals surface area (Å²) in [6.45, 7) is 0.691. The summed E-state index contributed by atoms with van der Waals surface area (Å²) in [6, 6.07) is 3.08. The lowest BCUT2D eigenvalue weighted by atomic mass is 9.90. The second-order valence-electron chi connectivity index (χ2n) is 4.39. The molecule has 1 aliphatic heterocycles. The van der Waals surface area contributed by atoms with Crippen molar-refractivity contribution in [1.82, 2.24) is 4.98 Å². The molecule has 4 N–H and O–H groups in total. The number of amides is 1. The van der Waals surface area contributed by atoms with Gasteiger partial charge in [0.15, 0.2) is 0 Å². The van der Waals surface area contributed by atoms with Crippen LogP contribution in [0.4, 0.5) is 5.82 Å². The van der Waals surface area contributed by atoms with Gasteiger partial charge in [-0.05, 0) is 12.1 Å². The number of carboxylic acid groups (broad SMARTS) is 1. The molecular formula is C12H15N3O4. The van der Waals surface area contributed by atoms with E-state index in [4.69, 9.17) is 10.5 Å². The third-order valence-electron chi connectivity index (χ3n) is 3.19. The Hall–Kier alpha value is -2.15. The normalized spacial score (nSPS) is 17.7. The fraction of sp³-hybridized carbons (Fsp3) is 0.417. The number of carbonyl (C=O) groups is 2. The van der Waals surface area contributed by atoms with E-state index in [9.17, 15) is 14.7 Å². The van der Waals surface area contributed by atoms with Crippen LogP contribution in [0.25, 0.3) is 0 Å². The molecular weight excluding hydrogens is 250 g/mol. The quantitative estimate of drug-likeness (QED) is 0.717. The van der Waals surface area contributed by atoms with E-state index in [1.165, 1.54) is 12.3 Å². The van der Waals surface area contributed by atoms with Gasteiger partial charge in [0.25, 0.3) is 5.91 Å². The minimum atomic E-state index is -1.17. The van der Waals surface area contributed by atoms with E-state index < -0.39 is 17.4 Å². The van der Waals surface area contributed by atoms with Crippen LogP contribution in [0.2, 0.25) is 0 Å². The molecule has 0 aromatic carbocycles. The van der Waals surface area contributed by atoms with Crippen molar-refractivity contribution in [1.29, 1.82) is 0 Å². The van der Waals surface area contributed by atoms with Crippen molar-refractivity contribution < 1.29 is 19.4 Å². The molecule has 1 amide bonds. The summed E-state index contributed by atoms with van der Waals surface area (Å²) in [7, 11) is 0. The first kappa shape index (κ1) is 13.3. The fourth-order valence-electron chi connectivity index (χ4n) is 2.04. The second kappa shape index (κ2) is 5.23. The molecule has 0 spiro atoms. The van der Waals surface area contributed by atoms with Gasteiger partial charge in [-0.1, -0.05) is 0 Å². The number of aromatic nitrogens is 1. The maximum absolute atomic E-state index is 11.5. The smallest absolute Gasteiger partial charge is 0.329 e. The molecule has 1 aliphatic rings. The molecule has 0 atom stereocenters. The largest absolute Gasteiger partial charge is 0.480 e. The van der Waals surface area contributed by atoms with Crippen molar-refractivity contribution in [3.8, 4) is 0 Å². The minimum Gasteiger partial charge on any atom is -0.480 e. The first-order valence-corrected chi connectivity index (χ1v) is 5.89. The molecule has 0 bridgehead atoms. The van der Waals surface area contributed by atoms with Crippen LogP contribution < -0.4 is 11.1 Å². The van der Waals surface area contributed by atoms with Crippen LogP contribution in [0.5, 0.6) is 0 Å². The lowest BCUT2D eigenvalue weighted by Gasteiger charge is -2.34. The summed E-state index contributed by atoms with van der Waals surface area (Å²) in [6.07, 6.45) is 2.08. The highest BCUT2D eigenvalue weighted by Gasteiger charge is 2.41. The first-order chi connectivity index (χ1) is 9.05. The van der Waals surface area contributed by atoms with E-state index in [1.807, 2.05) is 0 Å². The predicted molar refractivity (Wildman–Crippen MR) is 66.8 cm³/mol. The molecule has 7 nitrogen and oxygen atoms in total. The van der Waals surface area contributed by atoms with Gasteiger partial charge in [0, 0.05) is 32.3 Å². The maximum Gasteiger partial charge on any atom is 0.329 e. The highest BCUT2D eigenvalue weighted by atomic mass is 16.5. The molecule has 2 rings (SSSR count). The number of primary amides is 1. The number of carboxylic acids is 1. The van der Waals surface area contributed by atoms with Gasteiger partial charge in [-0.25, -0.2) is 9.78 Å². The highest BCUT2D eigenvalue weighted by molar-refractivity contribution is 5.98. The van der Waals surface area contributed by atoms with Crippen molar-refractivity contribution >= 4 is 17.7 Å². The zero-order chi connectivity index (χ0) is 13.9. The topological polar surface area (TPSA) is 115 Å². The lowest BCUT2D eigenvalue weighted by Crippen LogP contribution is -2.51. The van der Waals surface area contributed by atoms with E-state index in [1.54, 1.807) is 6.07 Å². The average Bonchev–Trinajstić information content (AvgIpc) is 2.40. The Morgan fingerprint density at radius 3 is 2.68 bits per heavy atom. The summed E-state index contributed by atoms with van der Waals surface area (Å²) in [4.78, 5) is 26.8. The van der Waals surface area contributed by atoms with Gasteiger partial charge in [-0.3, -0.25) is 4.79 Å². The summed E-state index contributed by atoms with van der Waals surface area (Å²) < 4.78 is 5.17. The second-order valence-corrected chi connectivity index (χ2v) is 4.39. The summed E-state index contributed by atoms with van der Waals surface area (Å²) in [5.74, 6) is -1.45. The zero-order valence-corrected chi connectivity index (χ0v) is 10.3. The van der Waals surface area contributed by atoms with Gasteiger partial charge in [0.1, 0.15) is 11.4 Å². The Morgan fingerprint density at radius 1 is 1.42 bits per heavy atom. The van der Waals surface area contributed by atoms with Crippen molar-refractivity contribution in [3.63, 3.8) is 0 Å². The summed E-state index contributed by atoms with van der Waals surface area (Å²) >= 11 is 0. The Morgan fingerprint density at radius 2 is 2.11 bits per heavy atom. The van der Waals surface area contributed by atoms with Crippen LogP contribution in [0, 0.1) is 0 Å². The van der Waals surface area contributed by atoms with Crippen LogP contribution in [0.1, 0.15) is 23.2 Å². The monoisotopic (exact) mass is 265 g/mol. The Kier molecular flexibility index (Phi) is 3.66. The molecule has 102 valence electrons. The molecule has 1 aromatic rings. The first-order valence-electron chi connectivity index (χ1n) is 5.89. The number of anilines is 1. The summed E-state index contributed by atoms with van der Waals surface area (Å²) in [5, 5.41) is 12.3. The van der Waals surface area contributed by atoms with Crippen LogP contribution in [0.15, 0.2) is 18.3 Å². The van der Waals surface area contributed by atoms with Crippen LogP contribution in [-0.4, -0.2) is 40.7 Å². The molecule has 7 heteroatoms. The Labute approximate surface area is 109 Å². The SMILES string of the molecule is NC(=O)c1cccnc1NC1(C(=O)O)CCOCC1. The van der Waals surface area contributed by atoms with Crippen molar-refractivity contribution in [2.24, 2.45) is 5.73 Å². The maximum atomic E-state index is 11.5. The lowest BCUT2D eigenvalue weighted by molar-refractivity contribution is -0.145. The van der Waals surface area contributed by atoms with Gasteiger partial charge < -0.3 is 20.9 Å². The number of ether oxygens (including phenoxy) is 1. The summed E-state index contributed by atoms with van der Waals surface area (Å²) in [5.41, 5.74) is 4.25. The number of carbonyl (C=O) groups excluding carboxylic acids is 1. The van der Waals surface area contributed by atoms with Gasteiger partial charge in [-0.15, -0.1) is 0 Å². The number of hydrogen-bond donors (Lipinski definition) is 3. The highest BCUT2D eigenvalue weighted by Crippen LogP contribution is 2.27. The van der Waals surface area contributed by atoms with E-state index in [0.717, 1.165) is 0 Å². The Bertz CT molecular complexity index is 498. The van der Waals surface area contributed by atoms with Gasteiger partial charge in [-0.2, -0.15) is 0 Å². The third kappa shape index (κ3) is 2.65. The predicted octanol–water partition coefficient (Wildman–Crippen LogP) is 0.226. The van der Waals surface area contributed by atoms with E-state index in [-0.39, 0.29) is 11.4 Å². The number of aliphatic carboxylic acids is 1. The number of nitrogens with zero attached hydrogens (tertiary/aromatic N) is 1. The van der Waals surface area contributed by atoms with E-state index in [2.05, 4.69) is 10.3 Å². The Balaban J connectivity index is 2.32. The van der Waals surface area contributed by atoms with Crippen LogP contribution in [-0.2, 0) is 9.53 Å². The van der Waals surface area contributed by atoms with Crippen molar-refractivity contribution in [3.05, 3.63) is 23.9 Å². The molecule has 0 unspecified atom stereocenters. The molecule has 1 saturated heterocycles. The minimum absolute atomic E-state index is 0.176. The number of pyridine rings is 1. The molecule has 19 heavy (non-hydrogen) atoms. The molecule has 1 aromatic heterocycles. The van der Waals surface area contributed by atoms with Gasteiger partial charge >= 0.3 is 5.97 Å². The van der Waals surface area contributed by atoms with E-state index in [0.29, 0.717) is 26.1 Å². The molecule has 0 saturated carbocycles. The van der Waals surface area contributed by atoms with Crippen LogP contribution >= 0.6 is 0 Å². The average molecular weight is 265 g/mol. The van der Waals surface area contributed by atoms with Crippen molar-refractivity contribution in [2.75, 3.05) is 18.5 Å². The number of nitrogens with two attached hydrogens (primary N) is 1. The molecule has 0 aliphatic carbocycles. The van der Waals surface area contributed by atoms with Crippen LogP contribution in [0.3, 0.4) is 0 Å². The molecule has 1 fully saturated rings. The fourth-order valence-corrected chi connectivity index (χ4v) is 2.04. The van der Waals surface area contributed by atoms with Gasteiger partial charge in [0.05, 0.1) is 5.56 Å².